The fourth-order valence-corrected chi connectivity index (χ4v) is 3.21. The maximum atomic E-state index is 12.7. The first-order chi connectivity index (χ1) is 11.5. The smallest absolute Gasteiger partial charge is 0.237 e. The normalized spacial score (nSPS) is 21.3. The minimum atomic E-state index is -0.148. The van der Waals surface area contributed by atoms with Crippen LogP contribution in [0.5, 0.6) is 0 Å². The number of aryl methyl sites for hydroxylation is 1. The quantitative estimate of drug-likeness (QED) is 0.896. The Balaban J connectivity index is 1.64. The van der Waals surface area contributed by atoms with Gasteiger partial charge in [0.2, 0.25) is 5.91 Å². The van der Waals surface area contributed by atoms with E-state index >= 15 is 0 Å². The standard InChI is InChI=1S/C17H24N6O/c1-12(2)22-10-15(23-11-19-20-21-23)8-16(22)17(24)18-9-14-6-4-13(3)5-7-14/h4-7,11-12,15-16H,8-10H2,1-3H3,(H,18,24)/t15-,16-/m0/s1. The molecule has 2 heterocycles. The molecule has 0 saturated carbocycles. The molecule has 0 bridgehead atoms. The highest BCUT2D eigenvalue weighted by molar-refractivity contribution is 5.82. The van der Waals surface area contributed by atoms with Crippen LogP contribution in [-0.2, 0) is 11.3 Å². The van der Waals surface area contributed by atoms with Gasteiger partial charge in [0, 0.05) is 19.1 Å². The number of aromatic nitrogens is 4. The largest absolute Gasteiger partial charge is 0.351 e. The van der Waals surface area contributed by atoms with Crippen LogP contribution in [-0.4, -0.2) is 49.6 Å². The van der Waals surface area contributed by atoms with Gasteiger partial charge in [0.05, 0.1) is 12.1 Å². The van der Waals surface area contributed by atoms with Crippen molar-refractivity contribution >= 4 is 5.91 Å². The number of benzene rings is 1. The molecule has 0 radical (unpaired) electrons. The maximum Gasteiger partial charge on any atom is 0.237 e. The average Bonchev–Trinajstić information content (AvgIpc) is 3.23. The van der Waals surface area contributed by atoms with E-state index in [2.05, 4.69) is 58.6 Å². The number of rotatable bonds is 5. The van der Waals surface area contributed by atoms with E-state index in [0.29, 0.717) is 12.6 Å². The van der Waals surface area contributed by atoms with Crippen molar-refractivity contribution < 1.29 is 4.79 Å². The van der Waals surface area contributed by atoms with Gasteiger partial charge in [-0.15, -0.1) is 5.10 Å². The Morgan fingerprint density at radius 3 is 2.71 bits per heavy atom. The lowest BCUT2D eigenvalue weighted by molar-refractivity contribution is -0.126. The molecule has 1 saturated heterocycles. The third-order valence-electron chi connectivity index (χ3n) is 4.61. The van der Waals surface area contributed by atoms with E-state index in [0.717, 1.165) is 18.5 Å². The Bertz CT molecular complexity index is 667. The SMILES string of the molecule is Cc1ccc(CNC(=O)[C@@H]2C[C@H](n3cnnn3)CN2C(C)C)cc1. The van der Waals surface area contributed by atoms with Crippen molar-refractivity contribution in [3.8, 4) is 0 Å². The van der Waals surface area contributed by atoms with E-state index in [-0.39, 0.29) is 18.0 Å². The van der Waals surface area contributed by atoms with Gasteiger partial charge in [0.15, 0.2) is 0 Å². The molecular weight excluding hydrogens is 304 g/mol. The van der Waals surface area contributed by atoms with Crippen LogP contribution in [0.2, 0.25) is 0 Å². The number of hydrogen-bond acceptors (Lipinski definition) is 5. The van der Waals surface area contributed by atoms with Crippen LogP contribution in [0.1, 0.15) is 37.4 Å². The van der Waals surface area contributed by atoms with Gasteiger partial charge in [0.1, 0.15) is 6.33 Å². The van der Waals surface area contributed by atoms with Gasteiger partial charge >= 0.3 is 0 Å². The predicted octanol–water partition coefficient (Wildman–Crippen LogP) is 1.32. The summed E-state index contributed by atoms with van der Waals surface area (Å²) in [6.45, 7) is 7.62. The summed E-state index contributed by atoms with van der Waals surface area (Å²) in [5.41, 5.74) is 2.33. The highest BCUT2D eigenvalue weighted by Gasteiger charge is 2.39. The average molecular weight is 328 g/mol. The number of amides is 1. The number of carbonyl (C=O) groups is 1. The van der Waals surface area contributed by atoms with Crippen LogP contribution in [0.4, 0.5) is 0 Å². The van der Waals surface area contributed by atoms with Crippen LogP contribution >= 0.6 is 0 Å². The molecule has 1 aliphatic heterocycles. The van der Waals surface area contributed by atoms with Crippen molar-refractivity contribution in [3.05, 3.63) is 41.7 Å². The summed E-state index contributed by atoms with van der Waals surface area (Å²) in [4.78, 5) is 14.9. The van der Waals surface area contributed by atoms with Gasteiger partial charge in [0.25, 0.3) is 0 Å². The molecule has 2 aromatic rings. The van der Waals surface area contributed by atoms with E-state index in [9.17, 15) is 4.79 Å². The number of tetrazole rings is 1. The van der Waals surface area contributed by atoms with Crippen LogP contribution in [0, 0.1) is 6.92 Å². The summed E-state index contributed by atoms with van der Waals surface area (Å²) >= 11 is 0. The highest BCUT2D eigenvalue weighted by atomic mass is 16.2. The molecule has 1 aromatic heterocycles. The molecule has 7 nitrogen and oxygen atoms in total. The Kier molecular flexibility index (Phi) is 4.89. The topological polar surface area (TPSA) is 75.9 Å². The third-order valence-corrected chi connectivity index (χ3v) is 4.61. The summed E-state index contributed by atoms with van der Waals surface area (Å²) in [5.74, 6) is 0.0693. The van der Waals surface area contributed by atoms with Crippen molar-refractivity contribution in [2.75, 3.05) is 6.54 Å². The molecule has 24 heavy (non-hydrogen) atoms. The van der Waals surface area contributed by atoms with Gasteiger partial charge in [-0.05, 0) is 43.2 Å². The Labute approximate surface area is 142 Å². The minimum Gasteiger partial charge on any atom is -0.351 e. The lowest BCUT2D eigenvalue weighted by Crippen LogP contribution is -2.45. The number of carbonyl (C=O) groups excluding carboxylic acids is 1. The van der Waals surface area contributed by atoms with E-state index in [1.165, 1.54) is 5.56 Å². The molecule has 7 heteroatoms. The summed E-state index contributed by atoms with van der Waals surface area (Å²) in [6.07, 6.45) is 2.35. The summed E-state index contributed by atoms with van der Waals surface area (Å²) in [7, 11) is 0. The Hall–Kier alpha value is -2.28. The van der Waals surface area contributed by atoms with Gasteiger partial charge < -0.3 is 5.32 Å². The van der Waals surface area contributed by atoms with Gasteiger partial charge in [-0.1, -0.05) is 29.8 Å². The van der Waals surface area contributed by atoms with Crippen LogP contribution in [0.25, 0.3) is 0 Å². The predicted molar refractivity (Wildman–Crippen MR) is 90.1 cm³/mol. The van der Waals surface area contributed by atoms with Crippen molar-refractivity contribution in [2.24, 2.45) is 0 Å². The second-order valence-electron chi connectivity index (χ2n) is 6.69. The summed E-state index contributed by atoms with van der Waals surface area (Å²) in [6, 6.07) is 8.50. The molecule has 3 rings (SSSR count). The second kappa shape index (κ2) is 7.09. The Morgan fingerprint density at radius 1 is 1.33 bits per heavy atom. The highest BCUT2D eigenvalue weighted by Crippen LogP contribution is 2.28. The van der Waals surface area contributed by atoms with E-state index < -0.39 is 0 Å². The zero-order valence-electron chi connectivity index (χ0n) is 14.4. The fourth-order valence-electron chi connectivity index (χ4n) is 3.21. The number of hydrogen-bond donors (Lipinski definition) is 1. The fraction of sp³-hybridized carbons (Fsp3) is 0.529. The van der Waals surface area contributed by atoms with Crippen molar-refractivity contribution in [1.29, 1.82) is 0 Å². The molecule has 1 aliphatic rings. The first kappa shape index (κ1) is 16.6. The van der Waals surface area contributed by atoms with E-state index in [1.54, 1.807) is 11.0 Å². The first-order valence-electron chi connectivity index (χ1n) is 8.36. The van der Waals surface area contributed by atoms with Crippen molar-refractivity contribution in [1.82, 2.24) is 30.4 Å². The zero-order valence-corrected chi connectivity index (χ0v) is 14.4. The number of nitrogens with one attached hydrogen (secondary N) is 1. The summed E-state index contributed by atoms with van der Waals surface area (Å²) < 4.78 is 1.75. The molecule has 0 unspecified atom stereocenters. The van der Waals surface area contributed by atoms with Gasteiger partial charge in [-0.25, -0.2) is 4.68 Å². The Morgan fingerprint density at radius 2 is 2.08 bits per heavy atom. The molecular formula is C17H24N6O. The van der Waals surface area contributed by atoms with E-state index in [4.69, 9.17) is 0 Å². The van der Waals surface area contributed by atoms with Crippen LogP contribution in [0.15, 0.2) is 30.6 Å². The minimum absolute atomic E-state index is 0.0693. The molecule has 0 spiro atoms. The lowest BCUT2D eigenvalue weighted by Gasteiger charge is -2.27. The number of nitrogens with zero attached hydrogens (tertiary/aromatic N) is 5. The van der Waals surface area contributed by atoms with Crippen LogP contribution < -0.4 is 5.32 Å². The van der Waals surface area contributed by atoms with Crippen LogP contribution in [0.3, 0.4) is 0 Å². The monoisotopic (exact) mass is 328 g/mol. The van der Waals surface area contributed by atoms with Crippen molar-refractivity contribution in [2.45, 2.75) is 51.9 Å². The molecule has 0 aliphatic carbocycles. The van der Waals surface area contributed by atoms with Crippen molar-refractivity contribution in [3.63, 3.8) is 0 Å². The maximum absolute atomic E-state index is 12.7. The van der Waals surface area contributed by atoms with Gasteiger partial charge in [-0.2, -0.15) is 0 Å². The number of likely N-dealkylation sites (tertiary alicyclic amines) is 1. The lowest BCUT2D eigenvalue weighted by atomic mass is 10.1. The molecule has 1 aromatic carbocycles. The first-order valence-corrected chi connectivity index (χ1v) is 8.36. The van der Waals surface area contributed by atoms with Gasteiger partial charge in [-0.3, -0.25) is 9.69 Å². The summed E-state index contributed by atoms with van der Waals surface area (Å²) in [5, 5.41) is 14.5. The molecule has 1 N–H and O–H groups in total. The zero-order chi connectivity index (χ0) is 17.1. The molecule has 2 atom stereocenters. The second-order valence-corrected chi connectivity index (χ2v) is 6.69. The third kappa shape index (κ3) is 3.62. The van der Waals surface area contributed by atoms with E-state index in [1.807, 2.05) is 12.1 Å². The molecule has 1 fully saturated rings. The molecule has 128 valence electrons. The molecule has 1 amide bonds.